The van der Waals surface area contributed by atoms with E-state index in [-0.39, 0.29) is 0 Å². The molecule has 1 fully saturated rings. The number of hydrogen-bond acceptors (Lipinski definition) is 1. The summed E-state index contributed by atoms with van der Waals surface area (Å²) in [4.78, 5) is 0. The van der Waals surface area contributed by atoms with E-state index in [1.165, 1.54) is 43.2 Å². The smallest absolute Gasteiger partial charge is 0.0374 e. The summed E-state index contributed by atoms with van der Waals surface area (Å²) in [7, 11) is 2.11. The van der Waals surface area contributed by atoms with Gasteiger partial charge in [-0.25, -0.2) is 0 Å². The highest BCUT2D eigenvalue weighted by atomic mass is 14.9. The van der Waals surface area contributed by atoms with E-state index in [1.807, 2.05) is 0 Å². The Kier molecular flexibility index (Phi) is 3.88. The average Bonchev–Trinajstić information content (AvgIpc) is 2.80. The topological polar surface area (TPSA) is 12.0 Å². The number of aryl methyl sites for hydroxylation is 1. The normalized spacial score (nSPS) is 20.4. The van der Waals surface area contributed by atoms with Crippen molar-refractivity contribution in [3.63, 3.8) is 0 Å². The second-order valence-corrected chi connectivity index (χ2v) is 5.56. The molecule has 1 heteroatoms. The van der Waals surface area contributed by atoms with Gasteiger partial charge in [-0.05, 0) is 44.2 Å². The summed E-state index contributed by atoms with van der Waals surface area (Å²) in [5, 5.41) is 3.58. The van der Waals surface area contributed by atoms with Crippen molar-refractivity contribution in [2.24, 2.45) is 5.41 Å². The van der Waals surface area contributed by atoms with E-state index >= 15 is 0 Å². The Labute approximate surface area is 106 Å². The molecule has 0 amide bonds. The van der Waals surface area contributed by atoms with E-state index in [4.69, 9.17) is 0 Å². The van der Waals surface area contributed by atoms with Crippen LogP contribution in [0.25, 0.3) is 0 Å². The number of rotatable bonds is 4. The third kappa shape index (κ3) is 2.40. The van der Waals surface area contributed by atoms with Gasteiger partial charge >= 0.3 is 0 Å². The van der Waals surface area contributed by atoms with Crippen LogP contribution in [0.15, 0.2) is 24.3 Å². The van der Waals surface area contributed by atoms with Crippen LogP contribution >= 0.6 is 0 Å². The standard InChI is InChI=1S/C16H25N/c1-4-16(10-5-6-11-16)15(17-3)14-9-7-8-13(2)12-14/h7-9,12,15,17H,4-6,10-11H2,1-3H3. The molecule has 0 spiro atoms. The molecule has 0 aliphatic heterocycles. The fourth-order valence-electron chi connectivity index (χ4n) is 3.60. The van der Waals surface area contributed by atoms with E-state index in [0.29, 0.717) is 11.5 Å². The monoisotopic (exact) mass is 231 g/mol. The summed E-state index contributed by atoms with van der Waals surface area (Å²) in [6.45, 7) is 4.54. The Bertz CT molecular complexity index is 364. The van der Waals surface area contributed by atoms with Gasteiger partial charge in [0.05, 0.1) is 0 Å². The van der Waals surface area contributed by atoms with E-state index in [1.54, 1.807) is 0 Å². The van der Waals surface area contributed by atoms with Gasteiger partial charge in [-0.2, -0.15) is 0 Å². The summed E-state index contributed by atoms with van der Waals surface area (Å²) < 4.78 is 0. The summed E-state index contributed by atoms with van der Waals surface area (Å²) in [6.07, 6.45) is 6.84. The van der Waals surface area contributed by atoms with Crippen molar-refractivity contribution >= 4 is 0 Å². The maximum atomic E-state index is 3.58. The Morgan fingerprint density at radius 3 is 2.53 bits per heavy atom. The van der Waals surface area contributed by atoms with Crippen LogP contribution in [0.5, 0.6) is 0 Å². The van der Waals surface area contributed by atoms with E-state index in [9.17, 15) is 0 Å². The summed E-state index contributed by atoms with van der Waals surface area (Å²) in [6, 6.07) is 9.52. The summed E-state index contributed by atoms with van der Waals surface area (Å²) in [5.41, 5.74) is 3.32. The largest absolute Gasteiger partial charge is 0.313 e. The lowest BCUT2D eigenvalue weighted by molar-refractivity contribution is 0.195. The molecule has 2 rings (SSSR count). The maximum Gasteiger partial charge on any atom is 0.0374 e. The van der Waals surface area contributed by atoms with Crippen molar-refractivity contribution < 1.29 is 0 Å². The molecule has 0 saturated heterocycles. The Balaban J connectivity index is 2.32. The van der Waals surface area contributed by atoms with Crippen molar-refractivity contribution in [1.82, 2.24) is 5.32 Å². The molecule has 1 aromatic rings. The predicted octanol–water partition coefficient (Wildman–Crippen LogP) is 4.23. The van der Waals surface area contributed by atoms with Crippen LogP contribution in [0.2, 0.25) is 0 Å². The van der Waals surface area contributed by atoms with E-state index in [0.717, 1.165) is 0 Å². The highest BCUT2D eigenvalue weighted by Gasteiger charge is 2.39. The highest BCUT2D eigenvalue weighted by molar-refractivity contribution is 5.27. The first-order valence-electron chi connectivity index (χ1n) is 6.96. The molecule has 1 saturated carbocycles. The van der Waals surface area contributed by atoms with Crippen molar-refractivity contribution in [3.05, 3.63) is 35.4 Å². The highest BCUT2D eigenvalue weighted by Crippen LogP contribution is 2.49. The third-order valence-electron chi connectivity index (χ3n) is 4.58. The van der Waals surface area contributed by atoms with Crippen molar-refractivity contribution in [2.75, 3.05) is 7.05 Å². The molecule has 1 aliphatic rings. The minimum atomic E-state index is 0.489. The van der Waals surface area contributed by atoms with Gasteiger partial charge in [-0.15, -0.1) is 0 Å². The first kappa shape index (κ1) is 12.6. The molecule has 1 aromatic carbocycles. The lowest BCUT2D eigenvalue weighted by Crippen LogP contribution is -2.34. The second kappa shape index (κ2) is 5.22. The molecule has 1 unspecified atom stereocenters. The summed E-state index contributed by atoms with van der Waals surface area (Å²) >= 11 is 0. The average molecular weight is 231 g/mol. The van der Waals surface area contributed by atoms with Crippen molar-refractivity contribution in [1.29, 1.82) is 0 Å². The molecule has 1 aliphatic carbocycles. The predicted molar refractivity (Wildman–Crippen MR) is 74.2 cm³/mol. The number of benzene rings is 1. The van der Waals surface area contributed by atoms with E-state index < -0.39 is 0 Å². The molecule has 1 atom stereocenters. The van der Waals surface area contributed by atoms with Gasteiger partial charge < -0.3 is 5.32 Å². The molecule has 1 N–H and O–H groups in total. The lowest BCUT2D eigenvalue weighted by Gasteiger charge is -2.37. The molecule has 0 aromatic heterocycles. The van der Waals surface area contributed by atoms with Crippen LogP contribution in [0.3, 0.4) is 0 Å². The van der Waals surface area contributed by atoms with E-state index in [2.05, 4.69) is 50.5 Å². The van der Waals surface area contributed by atoms with Crippen LogP contribution in [0.4, 0.5) is 0 Å². The van der Waals surface area contributed by atoms with Crippen molar-refractivity contribution in [3.8, 4) is 0 Å². The van der Waals surface area contributed by atoms with Crippen LogP contribution in [-0.2, 0) is 0 Å². The first-order valence-corrected chi connectivity index (χ1v) is 6.96. The van der Waals surface area contributed by atoms with Crippen LogP contribution in [0.1, 0.15) is 56.2 Å². The Morgan fingerprint density at radius 1 is 1.29 bits per heavy atom. The molecule has 0 radical (unpaired) electrons. The molecular formula is C16H25N. The van der Waals surface area contributed by atoms with Gasteiger partial charge in [0.15, 0.2) is 0 Å². The number of hydrogen-bond donors (Lipinski definition) is 1. The Hall–Kier alpha value is -0.820. The number of nitrogens with one attached hydrogen (secondary N) is 1. The quantitative estimate of drug-likeness (QED) is 0.818. The van der Waals surface area contributed by atoms with Crippen LogP contribution in [-0.4, -0.2) is 7.05 Å². The minimum Gasteiger partial charge on any atom is -0.313 e. The lowest BCUT2D eigenvalue weighted by atomic mass is 9.73. The molecule has 17 heavy (non-hydrogen) atoms. The van der Waals surface area contributed by atoms with Crippen LogP contribution < -0.4 is 5.32 Å². The zero-order valence-electron chi connectivity index (χ0n) is 11.4. The second-order valence-electron chi connectivity index (χ2n) is 5.56. The SMILES string of the molecule is CCC1(C(NC)c2cccc(C)c2)CCCC1. The van der Waals surface area contributed by atoms with Gasteiger partial charge in [0.25, 0.3) is 0 Å². The van der Waals surface area contributed by atoms with Gasteiger partial charge in [0.2, 0.25) is 0 Å². The van der Waals surface area contributed by atoms with Crippen molar-refractivity contribution in [2.45, 2.75) is 52.0 Å². The van der Waals surface area contributed by atoms with Gasteiger partial charge in [0, 0.05) is 6.04 Å². The Morgan fingerprint density at radius 2 is 2.00 bits per heavy atom. The molecule has 1 nitrogen and oxygen atoms in total. The maximum absolute atomic E-state index is 3.58. The third-order valence-corrected chi connectivity index (χ3v) is 4.58. The van der Waals surface area contributed by atoms with Crippen LogP contribution in [0, 0.1) is 12.3 Å². The minimum absolute atomic E-state index is 0.489. The molecule has 0 bridgehead atoms. The van der Waals surface area contributed by atoms with Gasteiger partial charge in [0.1, 0.15) is 0 Å². The molecular weight excluding hydrogens is 206 g/mol. The first-order chi connectivity index (χ1) is 8.22. The zero-order chi connectivity index (χ0) is 12.3. The zero-order valence-corrected chi connectivity index (χ0v) is 11.4. The van der Waals surface area contributed by atoms with Gasteiger partial charge in [-0.1, -0.05) is 49.6 Å². The fraction of sp³-hybridized carbons (Fsp3) is 0.625. The molecule has 0 heterocycles. The van der Waals surface area contributed by atoms with Gasteiger partial charge in [-0.3, -0.25) is 0 Å². The summed E-state index contributed by atoms with van der Waals surface area (Å²) in [5.74, 6) is 0. The molecule has 94 valence electrons. The fourth-order valence-corrected chi connectivity index (χ4v) is 3.60.